The third-order valence-corrected chi connectivity index (χ3v) is 7.95. The normalized spacial score (nSPS) is 17.2. The fraction of sp³-hybridized carbons (Fsp3) is 0.419. The Hall–Kier alpha value is -4.05. The van der Waals surface area contributed by atoms with Gasteiger partial charge in [0.25, 0.3) is 0 Å². The quantitative estimate of drug-likeness (QED) is 0.0827. The number of aromatic nitrogens is 1. The fourth-order valence-corrected chi connectivity index (χ4v) is 5.83. The lowest BCUT2D eigenvalue weighted by Gasteiger charge is -2.32. The Labute approximate surface area is 265 Å². The van der Waals surface area contributed by atoms with Crippen molar-refractivity contribution in [2.45, 2.75) is 63.3 Å². The summed E-state index contributed by atoms with van der Waals surface area (Å²) in [5, 5.41) is 4.61. The second-order valence-electron chi connectivity index (χ2n) is 11.4. The van der Waals surface area contributed by atoms with Gasteiger partial charge in [0.05, 0.1) is 16.7 Å². The Kier molecular flexibility index (Phi) is 10.6. The smallest absolute Gasteiger partial charge is 0.368 e. The minimum atomic E-state index is -5.11. The number of alkyl halides is 9. The number of benzene rings is 2. The van der Waals surface area contributed by atoms with Crippen LogP contribution in [0.2, 0.25) is 0 Å². The number of guanidine groups is 1. The number of hydrazone groups is 1. The first-order valence-electron chi connectivity index (χ1n) is 14.6. The monoisotopic (exact) mass is 675 g/mol. The summed E-state index contributed by atoms with van der Waals surface area (Å²) >= 11 is 0. The van der Waals surface area contributed by atoms with Crippen LogP contribution in [0.1, 0.15) is 70.8 Å². The van der Waals surface area contributed by atoms with Gasteiger partial charge in [0.1, 0.15) is 0 Å². The molecule has 2 unspecified atom stereocenters. The van der Waals surface area contributed by atoms with Crippen LogP contribution in [-0.2, 0) is 31.6 Å². The Bertz CT molecular complexity index is 1500. The number of likely N-dealkylation sites (tertiary alicyclic amines) is 1. The van der Waals surface area contributed by atoms with Gasteiger partial charge in [0.2, 0.25) is 5.96 Å². The molecule has 1 aliphatic heterocycles. The van der Waals surface area contributed by atoms with Crippen LogP contribution in [0.15, 0.2) is 65.9 Å². The van der Waals surface area contributed by atoms with Crippen LogP contribution in [-0.4, -0.2) is 46.0 Å². The molecule has 16 heteroatoms. The summed E-state index contributed by atoms with van der Waals surface area (Å²) in [6, 6.07) is 9.49. The van der Waals surface area contributed by atoms with Gasteiger partial charge in [-0.3, -0.25) is 9.88 Å². The number of hydrazine groups is 1. The highest BCUT2D eigenvalue weighted by molar-refractivity contribution is 5.78. The molecule has 2 aromatic carbocycles. The molecule has 2 heterocycles. The first-order valence-corrected chi connectivity index (χ1v) is 14.6. The summed E-state index contributed by atoms with van der Waals surface area (Å²) < 4.78 is 123. The second kappa shape index (κ2) is 14.0. The van der Waals surface area contributed by atoms with E-state index in [1.165, 1.54) is 13.1 Å². The number of nitrogens with zero attached hydrogens (tertiary/aromatic N) is 5. The van der Waals surface area contributed by atoms with Crippen molar-refractivity contribution in [3.05, 3.63) is 99.9 Å². The Morgan fingerprint density at radius 2 is 1.55 bits per heavy atom. The van der Waals surface area contributed by atoms with Crippen molar-refractivity contribution in [1.29, 1.82) is 0 Å². The van der Waals surface area contributed by atoms with Gasteiger partial charge in [0, 0.05) is 50.5 Å². The van der Waals surface area contributed by atoms with Crippen molar-refractivity contribution in [2.75, 3.05) is 20.1 Å². The third kappa shape index (κ3) is 9.06. The molecule has 3 aromatic rings. The second-order valence-corrected chi connectivity index (χ2v) is 11.4. The van der Waals surface area contributed by atoms with E-state index < -0.39 is 59.8 Å². The van der Waals surface area contributed by atoms with E-state index in [-0.39, 0.29) is 23.6 Å². The molecule has 256 valence electrons. The molecule has 0 bridgehead atoms. The van der Waals surface area contributed by atoms with Gasteiger partial charge < -0.3 is 10.6 Å². The standard InChI is InChI=1S/C31H34F9N7/c1-3-27(46-11-9-20(17-46)26-6-4-5-10-43-26)25-8-7-22(29(32,33)34)14-21(25)18-47(28(41)44-45(2)42)16-19-12-23(30(35,36)37)15-24(13-19)31(38,39)40/h4-8,10,12-15,20,27H,3,9,11,16-18,42H2,1-2H3,(H2,41,44). The van der Waals surface area contributed by atoms with Crippen molar-refractivity contribution in [2.24, 2.45) is 16.7 Å². The summed E-state index contributed by atoms with van der Waals surface area (Å²) in [6.45, 7) is 1.97. The zero-order valence-electron chi connectivity index (χ0n) is 25.5. The van der Waals surface area contributed by atoms with Gasteiger partial charge in [-0.1, -0.05) is 19.1 Å². The van der Waals surface area contributed by atoms with Crippen LogP contribution >= 0.6 is 0 Å². The first kappa shape index (κ1) is 35.8. The highest BCUT2D eigenvalue weighted by atomic mass is 19.4. The predicted octanol–water partition coefficient (Wildman–Crippen LogP) is 7.12. The molecule has 1 saturated heterocycles. The number of pyridine rings is 1. The van der Waals surface area contributed by atoms with Crippen molar-refractivity contribution in [3.63, 3.8) is 0 Å². The van der Waals surface area contributed by atoms with Crippen LogP contribution in [0, 0.1) is 0 Å². The SMILES string of the molecule is CCC(c1ccc(C(F)(F)F)cc1CN(Cc1cc(C(F)(F)F)cc(C(F)(F)F)c1)/C(N)=N/N(C)N)N1CCC(c2ccccn2)C1. The Balaban J connectivity index is 1.77. The lowest BCUT2D eigenvalue weighted by atomic mass is 9.94. The first-order chi connectivity index (χ1) is 21.9. The van der Waals surface area contributed by atoms with Crippen LogP contribution in [0.3, 0.4) is 0 Å². The van der Waals surface area contributed by atoms with Crippen molar-refractivity contribution in [1.82, 2.24) is 19.9 Å². The zero-order chi connectivity index (χ0) is 34.7. The number of hydrogen-bond acceptors (Lipinski definition) is 5. The Morgan fingerprint density at radius 3 is 2.09 bits per heavy atom. The van der Waals surface area contributed by atoms with Crippen molar-refractivity contribution in [3.8, 4) is 0 Å². The van der Waals surface area contributed by atoms with Gasteiger partial charge >= 0.3 is 18.5 Å². The van der Waals surface area contributed by atoms with Gasteiger partial charge in [-0.05, 0) is 78.5 Å². The van der Waals surface area contributed by atoms with Crippen LogP contribution in [0.4, 0.5) is 39.5 Å². The molecule has 0 aliphatic carbocycles. The van der Waals surface area contributed by atoms with E-state index in [1.807, 2.05) is 19.1 Å². The highest BCUT2D eigenvalue weighted by Crippen LogP contribution is 2.39. The number of hydrogen-bond donors (Lipinski definition) is 2. The van der Waals surface area contributed by atoms with E-state index >= 15 is 0 Å². The van der Waals surface area contributed by atoms with Gasteiger partial charge in [-0.15, -0.1) is 5.10 Å². The molecule has 1 fully saturated rings. The lowest BCUT2D eigenvalue weighted by molar-refractivity contribution is -0.143. The summed E-state index contributed by atoms with van der Waals surface area (Å²) in [4.78, 5) is 7.65. The maximum absolute atomic E-state index is 13.9. The van der Waals surface area contributed by atoms with E-state index in [0.29, 0.717) is 37.2 Å². The molecule has 7 nitrogen and oxygen atoms in total. The minimum Gasteiger partial charge on any atom is -0.368 e. The molecule has 4 N–H and O–H groups in total. The largest absolute Gasteiger partial charge is 0.416 e. The van der Waals surface area contributed by atoms with Gasteiger partial charge in [-0.25, -0.2) is 11.0 Å². The van der Waals surface area contributed by atoms with E-state index in [2.05, 4.69) is 15.0 Å². The number of rotatable bonds is 9. The van der Waals surface area contributed by atoms with E-state index in [9.17, 15) is 39.5 Å². The molecule has 1 aliphatic rings. The van der Waals surface area contributed by atoms with Gasteiger partial charge in [0.15, 0.2) is 0 Å². The molecule has 0 amide bonds. The summed E-state index contributed by atoms with van der Waals surface area (Å²) in [7, 11) is 1.27. The van der Waals surface area contributed by atoms with E-state index in [0.717, 1.165) is 34.3 Å². The molecule has 4 rings (SSSR count). The number of nitrogens with two attached hydrogens (primary N) is 2. The van der Waals surface area contributed by atoms with Gasteiger partial charge in [-0.2, -0.15) is 39.5 Å². The molecule has 0 saturated carbocycles. The van der Waals surface area contributed by atoms with Crippen molar-refractivity contribution < 1.29 is 39.5 Å². The summed E-state index contributed by atoms with van der Waals surface area (Å²) in [5.74, 6) is 5.24. The summed E-state index contributed by atoms with van der Waals surface area (Å²) in [5.41, 5.74) is 3.11. The molecule has 47 heavy (non-hydrogen) atoms. The van der Waals surface area contributed by atoms with Crippen LogP contribution in [0.25, 0.3) is 0 Å². The maximum Gasteiger partial charge on any atom is 0.416 e. The zero-order valence-corrected chi connectivity index (χ0v) is 25.5. The molecule has 0 spiro atoms. The molecular weight excluding hydrogens is 641 g/mol. The molecule has 0 radical (unpaired) electrons. The molecular formula is C31H34F9N7. The topological polar surface area (TPSA) is 87.0 Å². The molecule has 1 aromatic heterocycles. The highest BCUT2D eigenvalue weighted by Gasteiger charge is 2.38. The van der Waals surface area contributed by atoms with Crippen molar-refractivity contribution >= 4 is 5.96 Å². The lowest BCUT2D eigenvalue weighted by Crippen LogP contribution is -2.40. The summed E-state index contributed by atoms with van der Waals surface area (Å²) in [6.07, 6.45) is -12.0. The van der Waals surface area contributed by atoms with Crippen LogP contribution in [0.5, 0.6) is 0 Å². The average Bonchev–Trinajstić information content (AvgIpc) is 3.46. The third-order valence-electron chi connectivity index (χ3n) is 7.95. The molecule has 2 atom stereocenters. The average molecular weight is 676 g/mol. The number of halogens is 9. The predicted molar refractivity (Wildman–Crippen MR) is 157 cm³/mol. The van der Waals surface area contributed by atoms with E-state index in [4.69, 9.17) is 11.6 Å². The minimum absolute atomic E-state index is 0.00994. The Morgan fingerprint density at radius 1 is 0.915 bits per heavy atom. The van der Waals surface area contributed by atoms with E-state index in [1.54, 1.807) is 12.3 Å². The fourth-order valence-electron chi connectivity index (χ4n) is 5.83. The maximum atomic E-state index is 13.9. The van der Waals surface area contributed by atoms with Crippen LogP contribution < -0.4 is 11.6 Å².